The minimum absolute atomic E-state index is 0.959. The third kappa shape index (κ3) is 4.15. The monoisotopic (exact) mass is 148 g/mol. The molecule has 9 heavy (non-hydrogen) atoms. The Morgan fingerprint density at radius 1 is 1.78 bits per heavy atom. The van der Waals surface area contributed by atoms with Crippen molar-refractivity contribution in [3.05, 3.63) is 0 Å². The minimum Gasteiger partial charge on any atom is -0.284 e. The average molecular weight is 148 g/mol. The molecule has 0 aromatic carbocycles. The van der Waals surface area contributed by atoms with Gasteiger partial charge in [-0.2, -0.15) is 4.21 Å². The van der Waals surface area contributed by atoms with E-state index in [1.54, 1.807) is 0 Å². The fourth-order valence-corrected chi connectivity index (χ4v) is 0.607. The molecule has 0 fully saturated rings. The molecule has 0 aromatic heterocycles. The molecule has 0 saturated heterocycles. The van der Waals surface area contributed by atoms with Crippen LogP contribution in [0.4, 0.5) is 0 Å². The highest BCUT2D eigenvalue weighted by atomic mass is 32.2. The van der Waals surface area contributed by atoms with E-state index >= 15 is 0 Å². The molecular formula is C5H8O3S. The first-order chi connectivity index (χ1) is 3.98. The molecule has 3 nitrogen and oxygen atoms in total. The Bertz CT molecular complexity index is 156. The molecule has 1 N–H and O–H groups in total. The van der Waals surface area contributed by atoms with E-state index in [1.165, 1.54) is 13.8 Å². The Labute approximate surface area is 56.9 Å². The maximum atomic E-state index is 9.97. The lowest BCUT2D eigenvalue weighted by molar-refractivity contribution is 0.176. The van der Waals surface area contributed by atoms with Crippen molar-refractivity contribution in [2.24, 2.45) is 0 Å². The van der Waals surface area contributed by atoms with Crippen LogP contribution in [0.1, 0.15) is 13.8 Å². The zero-order valence-electron chi connectivity index (χ0n) is 5.25. The average Bonchev–Trinajstić information content (AvgIpc) is 1.63. The number of rotatable bonds is 2. The number of hydrogen-bond donors (Lipinski definition) is 1. The third-order valence-corrected chi connectivity index (χ3v) is 1.19. The van der Waals surface area contributed by atoms with Crippen molar-refractivity contribution in [3.8, 4) is 12.3 Å². The van der Waals surface area contributed by atoms with Gasteiger partial charge < -0.3 is 0 Å². The molecule has 0 spiro atoms. The maximum absolute atomic E-state index is 9.97. The summed E-state index contributed by atoms with van der Waals surface area (Å²) in [6, 6.07) is 0. The Kier molecular flexibility index (Phi) is 2.85. The van der Waals surface area contributed by atoms with E-state index < -0.39 is 17.0 Å². The van der Waals surface area contributed by atoms with Gasteiger partial charge in [0.25, 0.3) is 0 Å². The van der Waals surface area contributed by atoms with Crippen molar-refractivity contribution in [2.45, 2.75) is 19.4 Å². The molecule has 1 atom stereocenters. The first kappa shape index (κ1) is 8.63. The summed E-state index contributed by atoms with van der Waals surface area (Å²) in [5, 5.41) is 0. The summed E-state index contributed by atoms with van der Waals surface area (Å²) in [7, 11) is 0. The van der Waals surface area contributed by atoms with Crippen LogP contribution in [-0.4, -0.2) is 14.4 Å². The molecule has 0 aliphatic heterocycles. The Morgan fingerprint density at radius 3 is 2.33 bits per heavy atom. The van der Waals surface area contributed by atoms with E-state index in [4.69, 9.17) is 11.0 Å². The van der Waals surface area contributed by atoms with Gasteiger partial charge in [-0.1, -0.05) is 5.92 Å². The topological polar surface area (TPSA) is 46.5 Å². The Balaban J connectivity index is 3.91. The van der Waals surface area contributed by atoms with Crippen LogP contribution in [0.3, 0.4) is 0 Å². The van der Waals surface area contributed by atoms with Crippen LogP contribution in [0.5, 0.6) is 0 Å². The van der Waals surface area contributed by atoms with E-state index in [9.17, 15) is 4.21 Å². The molecule has 0 radical (unpaired) electrons. The molecule has 0 heterocycles. The quantitative estimate of drug-likeness (QED) is 0.459. The first-order valence-electron chi connectivity index (χ1n) is 2.26. The van der Waals surface area contributed by atoms with Gasteiger partial charge in [-0.05, 0) is 13.8 Å². The fraction of sp³-hybridized carbons (Fsp3) is 0.600. The second-order valence-electron chi connectivity index (χ2n) is 1.96. The van der Waals surface area contributed by atoms with E-state index in [0.29, 0.717) is 0 Å². The molecule has 0 aromatic rings. The highest BCUT2D eigenvalue weighted by Gasteiger charge is 2.16. The molecule has 0 saturated carbocycles. The summed E-state index contributed by atoms with van der Waals surface area (Å²) in [5.41, 5.74) is -0.959. The number of terminal acetylenes is 1. The lowest BCUT2D eigenvalue weighted by atomic mass is 10.2. The van der Waals surface area contributed by atoms with Crippen molar-refractivity contribution in [1.82, 2.24) is 0 Å². The van der Waals surface area contributed by atoms with E-state index in [2.05, 4.69) is 10.1 Å². The van der Waals surface area contributed by atoms with E-state index in [0.717, 1.165) is 0 Å². The van der Waals surface area contributed by atoms with Crippen molar-refractivity contribution < 1.29 is 12.9 Å². The van der Waals surface area contributed by atoms with Gasteiger partial charge >= 0.3 is 11.4 Å². The molecular weight excluding hydrogens is 140 g/mol. The standard InChI is InChI=1S/C5H8O3S/c1-4-5(2,3)8-9(6)7/h1H,2-3H3,(H,6,7). The van der Waals surface area contributed by atoms with Gasteiger partial charge in [-0.3, -0.25) is 4.55 Å². The van der Waals surface area contributed by atoms with Gasteiger partial charge in [0.2, 0.25) is 0 Å². The summed E-state index contributed by atoms with van der Waals surface area (Å²) >= 11 is -2.28. The van der Waals surface area contributed by atoms with Crippen LogP contribution in [0.25, 0.3) is 0 Å². The SMILES string of the molecule is C#CC(C)(C)OS(=O)O. The molecule has 0 rings (SSSR count). The van der Waals surface area contributed by atoms with Crippen LogP contribution in [0.2, 0.25) is 0 Å². The fourth-order valence-electron chi connectivity index (χ4n) is 0.202. The molecule has 0 aliphatic rings. The van der Waals surface area contributed by atoms with Crippen molar-refractivity contribution in [3.63, 3.8) is 0 Å². The summed E-state index contributed by atoms with van der Waals surface area (Å²) < 4.78 is 22.5. The van der Waals surface area contributed by atoms with Crippen LogP contribution in [0, 0.1) is 12.3 Å². The summed E-state index contributed by atoms with van der Waals surface area (Å²) in [6.45, 7) is 3.06. The Hall–Kier alpha value is -0.370. The maximum Gasteiger partial charge on any atom is 0.303 e. The molecule has 52 valence electrons. The van der Waals surface area contributed by atoms with Crippen LogP contribution in [-0.2, 0) is 15.5 Å². The van der Waals surface area contributed by atoms with E-state index in [-0.39, 0.29) is 0 Å². The predicted octanol–water partition coefficient (Wildman–Crippen LogP) is 0.552. The van der Waals surface area contributed by atoms with Crippen LogP contribution in [0.15, 0.2) is 0 Å². The first-order valence-corrected chi connectivity index (χ1v) is 3.29. The summed E-state index contributed by atoms with van der Waals surface area (Å²) in [5.74, 6) is 2.20. The van der Waals surface area contributed by atoms with Crippen molar-refractivity contribution in [2.75, 3.05) is 0 Å². The second-order valence-corrected chi connectivity index (χ2v) is 2.56. The molecule has 0 bridgehead atoms. The van der Waals surface area contributed by atoms with Gasteiger partial charge in [-0.25, -0.2) is 4.18 Å². The lowest BCUT2D eigenvalue weighted by Crippen LogP contribution is -2.22. The zero-order valence-corrected chi connectivity index (χ0v) is 6.07. The van der Waals surface area contributed by atoms with Gasteiger partial charge in [0, 0.05) is 0 Å². The largest absolute Gasteiger partial charge is 0.303 e. The molecule has 1 unspecified atom stereocenters. The summed E-state index contributed by atoms with van der Waals surface area (Å²) in [4.78, 5) is 0. The highest BCUT2D eigenvalue weighted by molar-refractivity contribution is 7.74. The van der Waals surface area contributed by atoms with E-state index in [1.807, 2.05) is 0 Å². The minimum atomic E-state index is -2.28. The van der Waals surface area contributed by atoms with Gasteiger partial charge in [0.15, 0.2) is 0 Å². The van der Waals surface area contributed by atoms with Crippen LogP contribution < -0.4 is 0 Å². The highest BCUT2D eigenvalue weighted by Crippen LogP contribution is 2.07. The number of hydrogen-bond acceptors (Lipinski definition) is 2. The van der Waals surface area contributed by atoms with Crippen molar-refractivity contribution in [1.29, 1.82) is 0 Å². The van der Waals surface area contributed by atoms with Gasteiger partial charge in [-0.15, -0.1) is 6.42 Å². The normalized spacial score (nSPS) is 14.4. The zero-order chi connectivity index (χ0) is 7.49. The van der Waals surface area contributed by atoms with Gasteiger partial charge in [0.05, 0.1) is 0 Å². The molecule has 0 aliphatic carbocycles. The molecule has 4 heteroatoms. The Morgan fingerprint density at radius 2 is 2.22 bits per heavy atom. The third-order valence-electron chi connectivity index (χ3n) is 0.627. The predicted molar refractivity (Wildman–Crippen MR) is 34.8 cm³/mol. The summed E-state index contributed by atoms with van der Waals surface area (Å²) in [6.07, 6.45) is 4.93. The second kappa shape index (κ2) is 2.97. The van der Waals surface area contributed by atoms with Crippen molar-refractivity contribution >= 4 is 11.4 Å². The molecule has 0 amide bonds. The van der Waals surface area contributed by atoms with Gasteiger partial charge in [0.1, 0.15) is 5.60 Å². The van der Waals surface area contributed by atoms with Crippen LogP contribution >= 0.6 is 0 Å². The smallest absolute Gasteiger partial charge is 0.284 e. The lowest BCUT2D eigenvalue weighted by Gasteiger charge is -2.13.